The molecular formula is C15H24N2O3S. The molecule has 21 heavy (non-hydrogen) atoms. The zero-order valence-corrected chi connectivity index (χ0v) is 13.7. The lowest BCUT2D eigenvalue weighted by molar-refractivity contribution is 0.0632. The number of rotatable bonds is 5. The Hall–Kier alpha value is -0.950. The highest BCUT2D eigenvalue weighted by atomic mass is 32.2. The Morgan fingerprint density at radius 3 is 2.33 bits per heavy atom. The Labute approximate surface area is 127 Å². The summed E-state index contributed by atoms with van der Waals surface area (Å²) in [5.74, 6) is 0. The van der Waals surface area contributed by atoms with Gasteiger partial charge in [-0.15, -0.1) is 0 Å². The van der Waals surface area contributed by atoms with Crippen LogP contribution in [0.5, 0.6) is 0 Å². The third kappa shape index (κ3) is 3.63. The Kier molecular flexibility index (Phi) is 5.37. The van der Waals surface area contributed by atoms with Crippen LogP contribution in [0.4, 0.5) is 0 Å². The van der Waals surface area contributed by atoms with E-state index in [9.17, 15) is 8.42 Å². The molecule has 6 heteroatoms. The van der Waals surface area contributed by atoms with E-state index in [2.05, 4.69) is 5.32 Å². The largest absolute Gasteiger partial charge is 0.381 e. The van der Waals surface area contributed by atoms with Gasteiger partial charge in [0.2, 0.25) is 10.0 Å². The van der Waals surface area contributed by atoms with Gasteiger partial charge in [0.1, 0.15) is 0 Å². The first-order chi connectivity index (χ1) is 9.96. The molecule has 2 rings (SSSR count). The van der Waals surface area contributed by atoms with Crippen molar-refractivity contribution < 1.29 is 13.2 Å². The molecule has 1 aromatic rings. The quantitative estimate of drug-likeness (QED) is 0.900. The molecule has 0 radical (unpaired) electrons. The summed E-state index contributed by atoms with van der Waals surface area (Å²) in [6, 6.07) is 7.34. The predicted octanol–water partition coefficient (Wildman–Crippen LogP) is 1.77. The van der Waals surface area contributed by atoms with Crippen LogP contribution in [-0.2, 0) is 14.8 Å². The first kappa shape index (κ1) is 16.4. The molecule has 0 saturated carbocycles. The van der Waals surface area contributed by atoms with E-state index in [4.69, 9.17) is 4.74 Å². The maximum absolute atomic E-state index is 12.7. The molecule has 1 aromatic carbocycles. The highest BCUT2D eigenvalue weighted by Crippen LogP contribution is 2.23. The molecule has 1 aliphatic rings. The van der Waals surface area contributed by atoms with Crippen LogP contribution < -0.4 is 5.32 Å². The van der Waals surface area contributed by atoms with Crippen molar-refractivity contribution in [3.05, 3.63) is 29.8 Å². The molecular weight excluding hydrogens is 288 g/mol. The fraction of sp³-hybridized carbons (Fsp3) is 0.600. The normalized spacial score (nSPS) is 18.9. The minimum Gasteiger partial charge on any atom is -0.381 e. The van der Waals surface area contributed by atoms with Gasteiger partial charge in [0.15, 0.2) is 0 Å². The van der Waals surface area contributed by atoms with Gasteiger partial charge in [-0.05, 0) is 44.5 Å². The van der Waals surface area contributed by atoms with E-state index in [0.29, 0.717) is 18.1 Å². The number of ether oxygens (including phenoxy) is 1. The van der Waals surface area contributed by atoms with E-state index >= 15 is 0 Å². The monoisotopic (exact) mass is 312 g/mol. The maximum atomic E-state index is 12.7. The van der Waals surface area contributed by atoms with E-state index in [1.54, 1.807) is 19.2 Å². The average molecular weight is 312 g/mol. The zero-order chi connectivity index (χ0) is 15.5. The number of hydrogen-bond donors (Lipinski definition) is 1. The highest BCUT2D eigenvalue weighted by molar-refractivity contribution is 7.89. The minimum atomic E-state index is -3.43. The highest BCUT2D eigenvalue weighted by Gasteiger charge is 2.29. The van der Waals surface area contributed by atoms with Crippen molar-refractivity contribution in [2.45, 2.75) is 36.7 Å². The second kappa shape index (κ2) is 6.87. The van der Waals surface area contributed by atoms with Crippen LogP contribution in [0.3, 0.4) is 0 Å². The van der Waals surface area contributed by atoms with Crippen molar-refractivity contribution in [1.29, 1.82) is 0 Å². The molecule has 118 valence electrons. The fourth-order valence-electron chi connectivity index (χ4n) is 2.51. The van der Waals surface area contributed by atoms with Crippen molar-refractivity contribution in [2.24, 2.45) is 0 Å². The Balaban J connectivity index is 2.18. The van der Waals surface area contributed by atoms with Crippen LogP contribution in [0, 0.1) is 0 Å². The van der Waals surface area contributed by atoms with Gasteiger partial charge in [-0.25, -0.2) is 8.42 Å². The Morgan fingerprint density at radius 1 is 1.24 bits per heavy atom. The molecule has 1 atom stereocenters. The van der Waals surface area contributed by atoms with Crippen molar-refractivity contribution in [3.63, 3.8) is 0 Å². The Bertz CT molecular complexity index is 551. The van der Waals surface area contributed by atoms with Gasteiger partial charge in [-0.1, -0.05) is 12.1 Å². The van der Waals surface area contributed by atoms with E-state index in [0.717, 1.165) is 18.4 Å². The van der Waals surface area contributed by atoms with Gasteiger partial charge in [0.25, 0.3) is 0 Å². The fourth-order valence-corrected chi connectivity index (χ4v) is 3.92. The number of benzene rings is 1. The zero-order valence-electron chi connectivity index (χ0n) is 12.9. The molecule has 0 spiro atoms. The van der Waals surface area contributed by atoms with Crippen LogP contribution >= 0.6 is 0 Å². The van der Waals surface area contributed by atoms with Gasteiger partial charge in [0, 0.05) is 32.3 Å². The van der Waals surface area contributed by atoms with Gasteiger partial charge < -0.3 is 10.1 Å². The predicted molar refractivity (Wildman–Crippen MR) is 82.7 cm³/mol. The number of hydrogen-bond acceptors (Lipinski definition) is 4. The van der Waals surface area contributed by atoms with Crippen LogP contribution in [0.15, 0.2) is 29.2 Å². The molecule has 0 aliphatic carbocycles. The molecule has 1 aliphatic heterocycles. The van der Waals surface area contributed by atoms with Crippen molar-refractivity contribution in [1.82, 2.24) is 9.62 Å². The summed E-state index contributed by atoms with van der Waals surface area (Å²) < 4.78 is 32.1. The lowest BCUT2D eigenvalue weighted by Gasteiger charge is -2.30. The molecule has 1 heterocycles. The van der Waals surface area contributed by atoms with Crippen molar-refractivity contribution in [3.8, 4) is 0 Å². The molecule has 1 fully saturated rings. The van der Waals surface area contributed by atoms with E-state index in [1.807, 2.05) is 26.1 Å². The molecule has 1 saturated heterocycles. The first-order valence-electron chi connectivity index (χ1n) is 7.30. The summed E-state index contributed by atoms with van der Waals surface area (Å²) in [6.45, 7) is 3.30. The topological polar surface area (TPSA) is 58.6 Å². The van der Waals surface area contributed by atoms with Crippen molar-refractivity contribution >= 4 is 10.0 Å². The standard InChI is InChI=1S/C15H24N2O3S/c1-12(16-2)13-4-6-15(7-5-13)21(18,19)17(3)14-8-10-20-11-9-14/h4-7,12,14,16H,8-11H2,1-3H3. The van der Waals surface area contributed by atoms with Gasteiger partial charge >= 0.3 is 0 Å². The van der Waals surface area contributed by atoms with Gasteiger partial charge in [0.05, 0.1) is 4.90 Å². The molecule has 5 nitrogen and oxygen atoms in total. The Morgan fingerprint density at radius 2 is 1.81 bits per heavy atom. The lowest BCUT2D eigenvalue weighted by atomic mass is 10.1. The first-order valence-corrected chi connectivity index (χ1v) is 8.74. The number of nitrogens with one attached hydrogen (secondary N) is 1. The summed E-state index contributed by atoms with van der Waals surface area (Å²) in [5, 5.41) is 3.14. The summed E-state index contributed by atoms with van der Waals surface area (Å²) in [6.07, 6.45) is 1.51. The molecule has 1 N–H and O–H groups in total. The second-order valence-electron chi connectivity index (χ2n) is 5.44. The molecule has 0 aromatic heterocycles. The molecule has 1 unspecified atom stereocenters. The third-order valence-electron chi connectivity index (χ3n) is 4.20. The number of sulfonamides is 1. The third-order valence-corrected chi connectivity index (χ3v) is 6.12. The van der Waals surface area contributed by atoms with E-state index in [-0.39, 0.29) is 12.1 Å². The summed E-state index contributed by atoms with van der Waals surface area (Å²) >= 11 is 0. The molecule has 0 amide bonds. The SMILES string of the molecule is CNC(C)c1ccc(S(=O)(=O)N(C)C2CCOCC2)cc1. The summed E-state index contributed by atoms with van der Waals surface area (Å²) in [4.78, 5) is 0.351. The van der Waals surface area contributed by atoms with Crippen LogP contribution in [0.2, 0.25) is 0 Å². The summed E-state index contributed by atoms with van der Waals surface area (Å²) in [5.41, 5.74) is 1.07. The maximum Gasteiger partial charge on any atom is 0.243 e. The molecule has 0 bridgehead atoms. The van der Waals surface area contributed by atoms with Crippen LogP contribution in [-0.4, -0.2) is 46.1 Å². The van der Waals surface area contributed by atoms with Crippen LogP contribution in [0.1, 0.15) is 31.4 Å². The average Bonchev–Trinajstić information content (AvgIpc) is 2.54. The minimum absolute atomic E-state index is 0.0275. The van der Waals surface area contributed by atoms with E-state index < -0.39 is 10.0 Å². The van der Waals surface area contributed by atoms with Gasteiger partial charge in [-0.3, -0.25) is 0 Å². The second-order valence-corrected chi connectivity index (χ2v) is 7.44. The van der Waals surface area contributed by atoms with Gasteiger partial charge in [-0.2, -0.15) is 4.31 Å². The van der Waals surface area contributed by atoms with Crippen molar-refractivity contribution in [2.75, 3.05) is 27.3 Å². The summed E-state index contributed by atoms with van der Waals surface area (Å²) in [7, 11) is 0.115. The smallest absolute Gasteiger partial charge is 0.243 e. The number of nitrogens with zero attached hydrogens (tertiary/aromatic N) is 1. The lowest BCUT2D eigenvalue weighted by Crippen LogP contribution is -2.40. The van der Waals surface area contributed by atoms with Crippen LogP contribution in [0.25, 0.3) is 0 Å². The van der Waals surface area contributed by atoms with E-state index in [1.165, 1.54) is 4.31 Å².